The molecule has 1 unspecified atom stereocenters. The van der Waals surface area contributed by atoms with Crippen LogP contribution in [0.3, 0.4) is 0 Å². The molecule has 0 radical (unpaired) electrons. The molecule has 0 amide bonds. The predicted octanol–water partition coefficient (Wildman–Crippen LogP) is 4.33. The Labute approximate surface area is 95.4 Å². The van der Waals surface area contributed by atoms with Crippen molar-refractivity contribution in [2.45, 2.75) is 18.2 Å². The SMILES string of the molecule is CCC(Br)c1nc2cc(Cl)ccc2o1. The molecule has 0 spiro atoms. The maximum absolute atomic E-state index is 5.85. The van der Waals surface area contributed by atoms with Crippen LogP contribution in [0.25, 0.3) is 11.1 Å². The Bertz CT molecular complexity index is 454. The fourth-order valence-electron chi connectivity index (χ4n) is 1.23. The number of fused-ring (bicyclic) bond motifs is 1. The number of benzene rings is 1. The second kappa shape index (κ2) is 3.91. The Morgan fingerprint density at radius 2 is 2.36 bits per heavy atom. The lowest BCUT2D eigenvalue weighted by Crippen LogP contribution is -1.85. The summed E-state index contributed by atoms with van der Waals surface area (Å²) in [5, 5.41) is 0.681. The van der Waals surface area contributed by atoms with Crippen molar-refractivity contribution in [3.63, 3.8) is 0 Å². The molecule has 0 aliphatic rings. The van der Waals surface area contributed by atoms with Crippen molar-refractivity contribution in [1.82, 2.24) is 4.98 Å². The standard InChI is InChI=1S/C10H9BrClNO/c1-2-7(11)10-13-8-5-6(12)3-4-9(8)14-10/h3-5,7H,2H2,1H3. The van der Waals surface area contributed by atoms with Crippen LogP contribution in [0.15, 0.2) is 22.6 Å². The van der Waals surface area contributed by atoms with Crippen LogP contribution in [0.5, 0.6) is 0 Å². The maximum atomic E-state index is 5.85. The average molecular weight is 275 g/mol. The summed E-state index contributed by atoms with van der Waals surface area (Å²) in [6.07, 6.45) is 0.945. The second-order valence-electron chi connectivity index (χ2n) is 3.04. The minimum Gasteiger partial charge on any atom is -0.439 e. The summed E-state index contributed by atoms with van der Waals surface area (Å²) < 4.78 is 5.56. The van der Waals surface area contributed by atoms with Crippen molar-refractivity contribution in [1.29, 1.82) is 0 Å². The molecule has 1 atom stereocenters. The largest absolute Gasteiger partial charge is 0.439 e. The Kier molecular flexibility index (Phi) is 2.79. The highest BCUT2D eigenvalue weighted by Gasteiger charge is 2.12. The van der Waals surface area contributed by atoms with Gasteiger partial charge in [-0.2, -0.15) is 0 Å². The van der Waals surface area contributed by atoms with Crippen LogP contribution >= 0.6 is 27.5 Å². The summed E-state index contributed by atoms with van der Waals surface area (Å²) in [4.78, 5) is 4.52. The van der Waals surface area contributed by atoms with Crippen LogP contribution < -0.4 is 0 Å². The van der Waals surface area contributed by atoms with E-state index in [0.717, 1.165) is 17.5 Å². The van der Waals surface area contributed by atoms with Crippen molar-refractivity contribution in [3.8, 4) is 0 Å². The molecule has 1 aromatic heterocycles. The minimum atomic E-state index is 0.175. The zero-order chi connectivity index (χ0) is 10.1. The molecule has 4 heteroatoms. The third-order valence-corrected chi connectivity index (χ3v) is 3.27. The van der Waals surface area contributed by atoms with Gasteiger partial charge in [0.05, 0.1) is 4.83 Å². The maximum Gasteiger partial charge on any atom is 0.209 e. The third-order valence-electron chi connectivity index (χ3n) is 1.99. The molecule has 1 heterocycles. The quantitative estimate of drug-likeness (QED) is 0.762. The van der Waals surface area contributed by atoms with E-state index in [1.54, 1.807) is 12.1 Å². The van der Waals surface area contributed by atoms with Gasteiger partial charge >= 0.3 is 0 Å². The van der Waals surface area contributed by atoms with Gasteiger partial charge in [-0.25, -0.2) is 4.98 Å². The van der Waals surface area contributed by atoms with Crippen molar-refractivity contribution in [2.75, 3.05) is 0 Å². The monoisotopic (exact) mass is 273 g/mol. The molecular weight excluding hydrogens is 265 g/mol. The number of rotatable bonds is 2. The summed E-state index contributed by atoms with van der Waals surface area (Å²) in [5.74, 6) is 0.713. The van der Waals surface area contributed by atoms with Gasteiger partial charge < -0.3 is 4.42 Å². The Hall–Kier alpha value is -0.540. The summed E-state index contributed by atoms with van der Waals surface area (Å²) in [5.41, 5.74) is 1.59. The fraction of sp³-hybridized carbons (Fsp3) is 0.300. The smallest absolute Gasteiger partial charge is 0.209 e. The van der Waals surface area contributed by atoms with Gasteiger partial charge in [0.1, 0.15) is 5.52 Å². The summed E-state index contributed by atoms with van der Waals surface area (Å²) in [6.45, 7) is 2.07. The first-order chi connectivity index (χ1) is 6.70. The number of halogens is 2. The number of alkyl halides is 1. The lowest BCUT2D eigenvalue weighted by Gasteiger charge is -1.97. The highest BCUT2D eigenvalue weighted by molar-refractivity contribution is 9.09. The topological polar surface area (TPSA) is 26.0 Å². The van der Waals surface area contributed by atoms with Crippen molar-refractivity contribution in [3.05, 3.63) is 29.1 Å². The molecular formula is C10H9BrClNO. The first-order valence-corrected chi connectivity index (χ1v) is 5.70. The van der Waals surface area contributed by atoms with Crippen molar-refractivity contribution < 1.29 is 4.42 Å². The van der Waals surface area contributed by atoms with Crippen LogP contribution in [0.4, 0.5) is 0 Å². The molecule has 2 rings (SSSR count). The summed E-state index contributed by atoms with van der Waals surface area (Å²) in [6, 6.07) is 5.44. The van der Waals surface area contributed by atoms with Crippen molar-refractivity contribution >= 4 is 38.6 Å². The van der Waals surface area contributed by atoms with E-state index in [1.165, 1.54) is 0 Å². The Morgan fingerprint density at radius 1 is 1.57 bits per heavy atom. The summed E-state index contributed by atoms with van der Waals surface area (Å²) in [7, 11) is 0. The molecule has 0 saturated carbocycles. The third kappa shape index (κ3) is 1.79. The van der Waals surface area contributed by atoms with Gasteiger partial charge in [0.15, 0.2) is 5.58 Å². The highest BCUT2D eigenvalue weighted by Crippen LogP contribution is 2.29. The molecule has 0 aliphatic heterocycles. The van der Waals surface area contributed by atoms with Gasteiger partial charge in [0.25, 0.3) is 0 Å². The van der Waals surface area contributed by atoms with Crippen LogP contribution in [0, 0.1) is 0 Å². The fourth-order valence-corrected chi connectivity index (χ4v) is 1.59. The molecule has 0 bridgehead atoms. The van der Waals surface area contributed by atoms with Gasteiger partial charge in [-0.1, -0.05) is 34.5 Å². The van der Waals surface area contributed by atoms with E-state index in [0.29, 0.717) is 10.9 Å². The van der Waals surface area contributed by atoms with E-state index in [9.17, 15) is 0 Å². The van der Waals surface area contributed by atoms with Gasteiger partial charge in [-0.3, -0.25) is 0 Å². The lowest BCUT2D eigenvalue weighted by atomic mass is 10.3. The highest BCUT2D eigenvalue weighted by atomic mass is 79.9. The number of oxazole rings is 1. The molecule has 0 N–H and O–H groups in total. The van der Waals surface area contributed by atoms with E-state index in [2.05, 4.69) is 27.8 Å². The van der Waals surface area contributed by atoms with Gasteiger partial charge in [0.2, 0.25) is 5.89 Å². The molecule has 1 aromatic carbocycles. The van der Waals surface area contributed by atoms with Gasteiger partial charge in [-0.15, -0.1) is 0 Å². The molecule has 0 fully saturated rings. The predicted molar refractivity (Wildman–Crippen MR) is 61.0 cm³/mol. The molecule has 74 valence electrons. The number of aromatic nitrogens is 1. The lowest BCUT2D eigenvalue weighted by molar-refractivity contribution is 0.523. The van der Waals surface area contributed by atoms with Gasteiger partial charge in [-0.05, 0) is 24.6 Å². The molecule has 2 aromatic rings. The number of hydrogen-bond acceptors (Lipinski definition) is 2. The van der Waals surface area contributed by atoms with Gasteiger partial charge in [0, 0.05) is 5.02 Å². The van der Waals surface area contributed by atoms with E-state index in [1.807, 2.05) is 6.07 Å². The second-order valence-corrected chi connectivity index (χ2v) is 4.58. The first kappa shape index (κ1) is 9.99. The summed E-state index contributed by atoms with van der Waals surface area (Å²) >= 11 is 9.34. The zero-order valence-corrected chi connectivity index (χ0v) is 9.97. The van der Waals surface area contributed by atoms with Crippen LogP contribution in [-0.4, -0.2) is 4.98 Å². The van der Waals surface area contributed by atoms with E-state index >= 15 is 0 Å². The average Bonchev–Trinajstić information content (AvgIpc) is 2.59. The first-order valence-electron chi connectivity index (χ1n) is 4.40. The molecule has 0 saturated heterocycles. The molecule has 14 heavy (non-hydrogen) atoms. The van der Waals surface area contributed by atoms with Crippen LogP contribution in [0.1, 0.15) is 24.1 Å². The minimum absolute atomic E-state index is 0.175. The van der Waals surface area contributed by atoms with Crippen molar-refractivity contribution in [2.24, 2.45) is 0 Å². The number of hydrogen-bond donors (Lipinski definition) is 0. The Morgan fingerprint density at radius 3 is 3.07 bits per heavy atom. The van der Waals surface area contributed by atoms with E-state index in [-0.39, 0.29) is 4.83 Å². The number of nitrogens with zero attached hydrogens (tertiary/aromatic N) is 1. The zero-order valence-electron chi connectivity index (χ0n) is 7.63. The van der Waals surface area contributed by atoms with E-state index in [4.69, 9.17) is 16.0 Å². The Balaban J connectivity index is 2.51. The normalized spacial score (nSPS) is 13.4. The molecule has 0 aliphatic carbocycles. The van der Waals surface area contributed by atoms with E-state index < -0.39 is 0 Å². The van der Waals surface area contributed by atoms with Crippen LogP contribution in [-0.2, 0) is 0 Å². The van der Waals surface area contributed by atoms with Crippen LogP contribution in [0.2, 0.25) is 5.02 Å². The molecule has 2 nitrogen and oxygen atoms in total.